The number of piperidine rings is 1. The molecule has 2 saturated carbocycles. The highest BCUT2D eigenvalue weighted by Gasteiger charge is 2.39. The Morgan fingerprint density at radius 1 is 1.11 bits per heavy atom. The molecular formula is C28H31N5O2. The van der Waals surface area contributed by atoms with Crippen molar-refractivity contribution in [3.8, 4) is 17.9 Å². The molecule has 5 rings (SSSR count). The molecule has 7 heteroatoms. The van der Waals surface area contributed by atoms with Gasteiger partial charge in [-0.15, -0.1) is 0 Å². The fourth-order valence-electron chi connectivity index (χ4n) is 4.83. The standard InChI is InChI=1S/C28H31N5O2/c29-14-11-28(33-19-24(27(30)35)25(31-33)17-26(34)23-9-10-23)12-15-32(16-13-28)18-22-7-5-21(6-8-22)4-3-20-1-2-20/h5-8,19-20,23H,1-2,9-13,15-18H2,(H2,30,35). The van der Waals surface area contributed by atoms with Crippen LogP contribution in [-0.2, 0) is 23.3 Å². The van der Waals surface area contributed by atoms with E-state index in [1.807, 2.05) is 0 Å². The molecular weight excluding hydrogens is 438 g/mol. The average molecular weight is 470 g/mol. The van der Waals surface area contributed by atoms with Gasteiger partial charge in [-0.2, -0.15) is 10.4 Å². The summed E-state index contributed by atoms with van der Waals surface area (Å²) in [7, 11) is 0. The van der Waals surface area contributed by atoms with E-state index in [-0.39, 0.29) is 18.1 Å². The Labute approximate surface area is 206 Å². The molecule has 1 saturated heterocycles. The minimum atomic E-state index is -0.579. The average Bonchev–Trinajstić information content (AvgIpc) is 3.78. The van der Waals surface area contributed by atoms with Gasteiger partial charge in [0.2, 0.25) is 0 Å². The number of nitrogens with two attached hydrogens (primary N) is 1. The summed E-state index contributed by atoms with van der Waals surface area (Å²) >= 11 is 0. The zero-order chi connectivity index (χ0) is 24.4. The first-order chi connectivity index (χ1) is 17.0. The molecule has 3 aliphatic rings. The maximum absolute atomic E-state index is 12.4. The van der Waals surface area contributed by atoms with Crippen LogP contribution in [0.3, 0.4) is 0 Å². The fraction of sp³-hybridized carbons (Fsp3) is 0.500. The molecule has 0 atom stereocenters. The smallest absolute Gasteiger partial charge is 0.252 e. The van der Waals surface area contributed by atoms with Crippen molar-refractivity contribution in [2.45, 2.75) is 63.5 Å². The van der Waals surface area contributed by atoms with Gasteiger partial charge in [-0.3, -0.25) is 19.2 Å². The van der Waals surface area contributed by atoms with Crippen molar-refractivity contribution in [1.29, 1.82) is 5.26 Å². The molecule has 35 heavy (non-hydrogen) atoms. The topological polar surface area (TPSA) is 105 Å². The quantitative estimate of drug-likeness (QED) is 0.598. The normalized spacial score (nSPS) is 19.4. The molecule has 1 aromatic carbocycles. The predicted octanol–water partition coefficient (Wildman–Crippen LogP) is 3.17. The van der Waals surface area contributed by atoms with E-state index in [0.29, 0.717) is 23.6 Å². The summed E-state index contributed by atoms with van der Waals surface area (Å²) < 4.78 is 1.76. The van der Waals surface area contributed by atoms with Crippen LogP contribution >= 0.6 is 0 Å². The number of benzene rings is 1. The van der Waals surface area contributed by atoms with Crippen molar-refractivity contribution in [3.05, 3.63) is 52.8 Å². The fourth-order valence-corrected chi connectivity index (χ4v) is 4.83. The summed E-state index contributed by atoms with van der Waals surface area (Å²) in [6.07, 6.45) is 7.85. The van der Waals surface area contributed by atoms with Crippen LogP contribution in [0.15, 0.2) is 30.5 Å². The summed E-state index contributed by atoms with van der Waals surface area (Å²) in [6, 6.07) is 10.8. The van der Waals surface area contributed by atoms with Crippen LogP contribution < -0.4 is 5.73 Å². The lowest BCUT2D eigenvalue weighted by Crippen LogP contribution is -2.46. The van der Waals surface area contributed by atoms with Gasteiger partial charge in [-0.1, -0.05) is 24.0 Å². The van der Waals surface area contributed by atoms with Gasteiger partial charge >= 0.3 is 0 Å². The third-order valence-corrected chi connectivity index (χ3v) is 7.47. The molecule has 180 valence electrons. The van der Waals surface area contributed by atoms with Crippen molar-refractivity contribution < 1.29 is 9.59 Å². The number of Topliss-reactive ketones (excluding diaryl/α,β-unsaturated/α-hetero) is 1. The molecule has 3 fully saturated rings. The molecule has 2 heterocycles. The highest BCUT2D eigenvalue weighted by atomic mass is 16.1. The Hall–Kier alpha value is -3.42. The van der Waals surface area contributed by atoms with Gasteiger partial charge in [0.05, 0.1) is 35.7 Å². The molecule has 1 amide bonds. The number of hydrogen-bond acceptors (Lipinski definition) is 5. The molecule has 0 spiro atoms. The molecule has 0 bridgehead atoms. The van der Waals surface area contributed by atoms with Crippen LogP contribution in [0.2, 0.25) is 0 Å². The first-order valence-electron chi connectivity index (χ1n) is 12.6. The van der Waals surface area contributed by atoms with E-state index in [9.17, 15) is 14.9 Å². The zero-order valence-electron chi connectivity index (χ0n) is 20.0. The Morgan fingerprint density at radius 3 is 2.43 bits per heavy atom. The van der Waals surface area contributed by atoms with Crippen LogP contribution in [-0.4, -0.2) is 39.5 Å². The largest absolute Gasteiger partial charge is 0.365 e. The molecule has 0 radical (unpaired) electrons. The Kier molecular flexibility index (Phi) is 6.45. The van der Waals surface area contributed by atoms with E-state index in [2.05, 4.69) is 52.2 Å². The molecule has 0 unspecified atom stereocenters. The lowest BCUT2D eigenvalue weighted by atomic mass is 9.84. The monoisotopic (exact) mass is 469 g/mol. The number of amides is 1. The van der Waals surface area contributed by atoms with Crippen molar-refractivity contribution in [1.82, 2.24) is 14.7 Å². The Balaban J connectivity index is 1.26. The number of ketones is 1. The van der Waals surface area contributed by atoms with Crippen molar-refractivity contribution >= 4 is 11.7 Å². The first-order valence-corrected chi connectivity index (χ1v) is 12.6. The summed E-state index contributed by atoms with van der Waals surface area (Å²) in [4.78, 5) is 26.8. The van der Waals surface area contributed by atoms with Gasteiger partial charge in [-0.25, -0.2) is 0 Å². The van der Waals surface area contributed by atoms with Gasteiger partial charge in [0.25, 0.3) is 5.91 Å². The summed E-state index contributed by atoms with van der Waals surface area (Å²) in [5.41, 5.74) is 8.15. The van der Waals surface area contributed by atoms with Crippen LogP contribution in [0.5, 0.6) is 0 Å². The molecule has 1 aromatic heterocycles. The van der Waals surface area contributed by atoms with E-state index in [1.165, 1.54) is 18.4 Å². The number of carbonyl (C=O) groups is 2. The van der Waals surface area contributed by atoms with Crippen LogP contribution in [0.1, 0.15) is 72.1 Å². The maximum atomic E-state index is 12.4. The van der Waals surface area contributed by atoms with Gasteiger partial charge < -0.3 is 5.73 Å². The van der Waals surface area contributed by atoms with Gasteiger partial charge in [-0.05, 0) is 56.2 Å². The number of likely N-dealkylation sites (tertiary alicyclic amines) is 1. The molecule has 2 aliphatic carbocycles. The molecule has 2 N–H and O–H groups in total. The van der Waals surface area contributed by atoms with E-state index in [4.69, 9.17) is 5.73 Å². The SMILES string of the molecule is N#CCC1(n2cc(C(N)=O)c(CC(=O)C3CC3)n2)CCN(Cc2ccc(C#CC3CC3)cc2)CC1. The van der Waals surface area contributed by atoms with Crippen molar-refractivity contribution in [2.24, 2.45) is 17.6 Å². The zero-order valence-corrected chi connectivity index (χ0v) is 20.0. The number of rotatable bonds is 8. The van der Waals surface area contributed by atoms with E-state index in [1.54, 1.807) is 10.9 Å². The van der Waals surface area contributed by atoms with E-state index >= 15 is 0 Å². The van der Waals surface area contributed by atoms with Crippen LogP contribution in [0.25, 0.3) is 0 Å². The second-order valence-corrected chi connectivity index (χ2v) is 10.3. The minimum absolute atomic E-state index is 0.0940. The lowest BCUT2D eigenvalue weighted by Gasteiger charge is -2.40. The number of primary amides is 1. The maximum Gasteiger partial charge on any atom is 0.252 e. The van der Waals surface area contributed by atoms with Gasteiger partial charge in [0.1, 0.15) is 5.78 Å². The van der Waals surface area contributed by atoms with Gasteiger partial charge in [0, 0.05) is 43.2 Å². The number of nitrogens with zero attached hydrogens (tertiary/aromatic N) is 4. The third kappa shape index (κ3) is 5.47. The molecule has 7 nitrogen and oxygen atoms in total. The highest BCUT2D eigenvalue weighted by molar-refractivity contribution is 5.95. The Morgan fingerprint density at radius 2 is 1.83 bits per heavy atom. The van der Waals surface area contributed by atoms with Crippen molar-refractivity contribution in [3.63, 3.8) is 0 Å². The predicted molar refractivity (Wildman–Crippen MR) is 131 cm³/mol. The second kappa shape index (κ2) is 9.68. The number of nitriles is 1. The molecule has 1 aliphatic heterocycles. The Bertz CT molecular complexity index is 1210. The second-order valence-electron chi connectivity index (χ2n) is 10.3. The van der Waals surface area contributed by atoms with Gasteiger partial charge in [0.15, 0.2) is 0 Å². The number of hydrogen-bond donors (Lipinski definition) is 1. The number of carbonyl (C=O) groups excluding carboxylic acids is 2. The highest BCUT2D eigenvalue weighted by Crippen LogP contribution is 2.35. The van der Waals surface area contributed by atoms with E-state index in [0.717, 1.165) is 50.9 Å². The van der Waals surface area contributed by atoms with Crippen LogP contribution in [0, 0.1) is 35.0 Å². The first kappa shape index (κ1) is 23.3. The van der Waals surface area contributed by atoms with E-state index < -0.39 is 11.4 Å². The lowest BCUT2D eigenvalue weighted by molar-refractivity contribution is -0.119. The molecule has 2 aromatic rings. The third-order valence-electron chi connectivity index (χ3n) is 7.47. The summed E-state index contributed by atoms with van der Waals surface area (Å²) in [6.45, 7) is 2.46. The van der Waals surface area contributed by atoms with Crippen LogP contribution in [0.4, 0.5) is 0 Å². The summed E-state index contributed by atoms with van der Waals surface area (Å²) in [5, 5.41) is 14.3. The number of aromatic nitrogens is 2. The minimum Gasteiger partial charge on any atom is -0.365 e. The summed E-state index contributed by atoms with van der Waals surface area (Å²) in [5.74, 6) is 6.79. The van der Waals surface area contributed by atoms with Crippen molar-refractivity contribution in [2.75, 3.05) is 13.1 Å².